The third kappa shape index (κ3) is 3.16. The number of benzene rings is 1. The normalized spacial score (nSPS) is 16.4. The molecule has 0 heterocycles. The Morgan fingerprint density at radius 1 is 1.22 bits per heavy atom. The average Bonchev–Trinajstić information content (AvgIpc) is 3.23. The summed E-state index contributed by atoms with van der Waals surface area (Å²) in [5, 5.41) is 3.64. The maximum absolute atomic E-state index is 5.36. The lowest BCUT2D eigenvalue weighted by atomic mass is 10.0. The van der Waals surface area contributed by atoms with Gasteiger partial charge in [-0.1, -0.05) is 13.0 Å². The molecule has 2 rings (SSSR count). The Balaban J connectivity index is 2.08. The van der Waals surface area contributed by atoms with Gasteiger partial charge in [0.2, 0.25) is 0 Å². The minimum Gasteiger partial charge on any atom is -0.493 e. The van der Waals surface area contributed by atoms with Crippen LogP contribution in [0.15, 0.2) is 18.2 Å². The second kappa shape index (κ2) is 6.10. The van der Waals surface area contributed by atoms with Crippen LogP contribution in [0.1, 0.15) is 37.8 Å². The van der Waals surface area contributed by atoms with E-state index in [2.05, 4.69) is 24.4 Å². The Kier molecular flexibility index (Phi) is 4.48. The molecule has 1 N–H and O–H groups in total. The van der Waals surface area contributed by atoms with Crippen molar-refractivity contribution in [2.45, 2.75) is 32.2 Å². The zero-order chi connectivity index (χ0) is 13.0. The molecule has 0 spiro atoms. The van der Waals surface area contributed by atoms with Gasteiger partial charge in [0.1, 0.15) is 0 Å². The molecule has 0 aliphatic heterocycles. The predicted octanol–water partition coefficient (Wildman–Crippen LogP) is 3.15. The standard InChI is InChI=1S/C15H23NO2/c1-4-13(16-10-11-5-6-11)12-7-8-14(17-2)15(9-12)18-3/h7-9,11,13,16H,4-6,10H2,1-3H3. The van der Waals surface area contributed by atoms with Crippen LogP contribution in [-0.4, -0.2) is 20.8 Å². The molecule has 3 heteroatoms. The van der Waals surface area contributed by atoms with Crippen molar-refractivity contribution in [2.75, 3.05) is 20.8 Å². The van der Waals surface area contributed by atoms with Crippen molar-refractivity contribution in [3.8, 4) is 11.5 Å². The zero-order valence-corrected chi connectivity index (χ0v) is 11.5. The van der Waals surface area contributed by atoms with Crippen LogP contribution in [0.3, 0.4) is 0 Å². The molecule has 3 nitrogen and oxygen atoms in total. The van der Waals surface area contributed by atoms with Gasteiger partial charge in [-0.2, -0.15) is 0 Å². The summed E-state index contributed by atoms with van der Waals surface area (Å²) in [5.74, 6) is 2.50. The van der Waals surface area contributed by atoms with Gasteiger partial charge in [0, 0.05) is 6.04 Å². The van der Waals surface area contributed by atoms with E-state index < -0.39 is 0 Å². The van der Waals surface area contributed by atoms with Crippen LogP contribution in [0.5, 0.6) is 11.5 Å². The lowest BCUT2D eigenvalue weighted by Gasteiger charge is -2.19. The topological polar surface area (TPSA) is 30.5 Å². The Morgan fingerprint density at radius 2 is 1.94 bits per heavy atom. The van der Waals surface area contributed by atoms with Crippen molar-refractivity contribution in [3.05, 3.63) is 23.8 Å². The molecule has 1 aliphatic rings. The van der Waals surface area contributed by atoms with Crippen LogP contribution in [0.25, 0.3) is 0 Å². The Morgan fingerprint density at radius 3 is 2.50 bits per heavy atom. The Labute approximate surface area is 109 Å². The molecule has 1 fully saturated rings. The maximum Gasteiger partial charge on any atom is 0.161 e. The lowest BCUT2D eigenvalue weighted by molar-refractivity contribution is 0.353. The van der Waals surface area contributed by atoms with Crippen molar-refractivity contribution in [1.82, 2.24) is 5.32 Å². The van der Waals surface area contributed by atoms with E-state index in [-0.39, 0.29) is 0 Å². The number of hydrogen-bond acceptors (Lipinski definition) is 3. The lowest BCUT2D eigenvalue weighted by Crippen LogP contribution is -2.23. The fourth-order valence-electron chi connectivity index (χ4n) is 2.20. The quantitative estimate of drug-likeness (QED) is 0.805. The van der Waals surface area contributed by atoms with Crippen molar-refractivity contribution < 1.29 is 9.47 Å². The molecule has 100 valence electrons. The van der Waals surface area contributed by atoms with Crippen LogP contribution in [0.4, 0.5) is 0 Å². The fourth-order valence-corrected chi connectivity index (χ4v) is 2.20. The number of methoxy groups -OCH3 is 2. The van der Waals surface area contributed by atoms with Crippen molar-refractivity contribution in [2.24, 2.45) is 5.92 Å². The van der Waals surface area contributed by atoms with Crippen molar-refractivity contribution >= 4 is 0 Å². The van der Waals surface area contributed by atoms with Gasteiger partial charge in [-0.05, 0) is 49.4 Å². The van der Waals surface area contributed by atoms with Gasteiger partial charge in [-0.3, -0.25) is 0 Å². The summed E-state index contributed by atoms with van der Waals surface area (Å²) in [5.41, 5.74) is 1.27. The minimum atomic E-state index is 0.408. The van der Waals surface area contributed by atoms with Gasteiger partial charge < -0.3 is 14.8 Å². The van der Waals surface area contributed by atoms with Crippen LogP contribution in [0, 0.1) is 5.92 Å². The van der Waals surface area contributed by atoms with E-state index in [9.17, 15) is 0 Å². The third-order valence-electron chi connectivity index (χ3n) is 3.57. The van der Waals surface area contributed by atoms with E-state index >= 15 is 0 Å². The van der Waals surface area contributed by atoms with Crippen LogP contribution < -0.4 is 14.8 Å². The number of rotatable bonds is 7. The number of nitrogens with one attached hydrogen (secondary N) is 1. The van der Waals surface area contributed by atoms with Crippen LogP contribution >= 0.6 is 0 Å². The number of ether oxygens (including phenoxy) is 2. The molecule has 1 aromatic carbocycles. The molecule has 0 aromatic heterocycles. The SMILES string of the molecule is CCC(NCC1CC1)c1ccc(OC)c(OC)c1. The van der Waals surface area contributed by atoms with Gasteiger partial charge in [-0.15, -0.1) is 0 Å². The zero-order valence-electron chi connectivity index (χ0n) is 11.5. The van der Waals surface area contributed by atoms with Gasteiger partial charge in [-0.25, -0.2) is 0 Å². The maximum atomic E-state index is 5.36. The Bertz CT molecular complexity index is 388. The van der Waals surface area contributed by atoms with Gasteiger partial charge in [0.05, 0.1) is 14.2 Å². The molecule has 18 heavy (non-hydrogen) atoms. The molecule has 1 aromatic rings. The van der Waals surface area contributed by atoms with Gasteiger partial charge in [0.25, 0.3) is 0 Å². The molecular formula is C15H23NO2. The summed E-state index contributed by atoms with van der Waals surface area (Å²) in [6, 6.07) is 6.59. The molecule has 1 aliphatic carbocycles. The summed E-state index contributed by atoms with van der Waals surface area (Å²) in [4.78, 5) is 0. The first-order chi connectivity index (χ1) is 8.78. The molecule has 1 atom stereocenters. The van der Waals surface area contributed by atoms with Crippen molar-refractivity contribution in [3.63, 3.8) is 0 Å². The second-order valence-electron chi connectivity index (χ2n) is 4.93. The highest BCUT2D eigenvalue weighted by molar-refractivity contribution is 5.43. The van der Waals surface area contributed by atoms with E-state index in [4.69, 9.17) is 9.47 Å². The van der Waals surface area contributed by atoms with Gasteiger partial charge in [0.15, 0.2) is 11.5 Å². The van der Waals surface area contributed by atoms with E-state index in [0.717, 1.165) is 30.4 Å². The molecular weight excluding hydrogens is 226 g/mol. The van der Waals surface area contributed by atoms with Crippen LogP contribution in [-0.2, 0) is 0 Å². The molecule has 1 unspecified atom stereocenters. The second-order valence-corrected chi connectivity index (χ2v) is 4.93. The van der Waals surface area contributed by atoms with E-state index in [1.54, 1.807) is 14.2 Å². The summed E-state index contributed by atoms with van der Waals surface area (Å²) in [6.07, 6.45) is 3.85. The number of hydrogen-bond donors (Lipinski definition) is 1. The summed E-state index contributed by atoms with van der Waals surface area (Å²) < 4.78 is 10.6. The van der Waals surface area contributed by atoms with E-state index in [1.165, 1.54) is 18.4 Å². The molecule has 1 saturated carbocycles. The first-order valence-corrected chi connectivity index (χ1v) is 6.73. The van der Waals surface area contributed by atoms with Crippen molar-refractivity contribution in [1.29, 1.82) is 0 Å². The molecule has 0 amide bonds. The van der Waals surface area contributed by atoms with E-state index in [0.29, 0.717) is 6.04 Å². The summed E-state index contributed by atoms with van der Waals surface area (Å²) in [7, 11) is 3.35. The molecule has 0 radical (unpaired) electrons. The fraction of sp³-hybridized carbons (Fsp3) is 0.600. The largest absolute Gasteiger partial charge is 0.493 e. The Hall–Kier alpha value is -1.22. The summed E-state index contributed by atoms with van der Waals surface area (Å²) >= 11 is 0. The molecule has 0 saturated heterocycles. The first kappa shape index (κ1) is 13.2. The van der Waals surface area contributed by atoms with E-state index in [1.807, 2.05) is 6.07 Å². The first-order valence-electron chi connectivity index (χ1n) is 6.73. The predicted molar refractivity (Wildman–Crippen MR) is 73.3 cm³/mol. The highest BCUT2D eigenvalue weighted by Gasteiger charge is 2.22. The third-order valence-corrected chi connectivity index (χ3v) is 3.57. The van der Waals surface area contributed by atoms with Gasteiger partial charge >= 0.3 is 0 Å². The highest BCUT2D eigenvalue weighted by atomic mass is 16.5. The average molecular weight is 249 g/mol. The highest BCUT2D eigenvalue weighted by Crippen LogP contribution is 2.32. The van der Waals surface area contributed by atoms with Crippen LogP contribution in [0.2, 0.25) is 0 Å². The molecule has 0 bridgehead atoms. The summed E-state index contributed by atoms with van der Waals surface area (Å²) in [6.45, 7) is 3.34. The monoisotopic (exact) mass is 249 g/mol. The minimum absolute atomic E-state index is 0.408. The smallest absolute Gasteiger partial charge is 0.161 e.